The SMILES string of the molecule is C=C/C=C(\C=C)CN1CCN(C(=O)[C@H](Cc2ccc(C#N)cc2)N(Cc2ccc(-c3ccccn3)cc2)C(=O)/C=C/c2ccc(C(F)(F)F)cc2)CC1. The van der Waals surface area contributed by atoms with Crippen LogP contribution < -0.4 is 0 Å². The number of pyridine rings is 1. The minimum Gasteiger partial charge on any atom is -0.338 e. The van der Waals surface area contributed by atoms with Crippen molar-refractivity contribution in [3.05, 3.63) is 168 Å². The zero-order valence-electron chi connectivity index (χ0n) is 29.3. The van der Waals surface area contributed by atoms with Gasteiger partial charge in [-0.1, -0.05) is 86.0 Å². The van der Waals surface area contributed by atoms with Crippen LogP contribution in [0.5, 0.6) is 0 Å². The zero-order chi connectivity index (χ0) is 37.8. The fourth-order valence-corrected chi connectivity index (χ4v) is 6.10. The van der Waals surface area contributed by atoms with Crippen molar-refractivity contribution in [1.29, 1.82) is 5.26 Å². The van der Waals surface area contributed by atoms with Crippen LogP contribution in [0.15, 0.2) is 140 Å². The van der Waals surface area contributed by atoms with Crippen molar-refractivity contribution in [2.45, 2.75) is 25.2 Å². The Bertz CT molecular complexity index is 1970. The third kappa shape index (κ3) is 10.5. The second kappa shape index (κ2) is 17.9. The van der Waals surface area contributed by atoms with E-state index in [2.05, 4.69) is 29.1 Å². The van der Waals surface area contributed by atoms with Gasteiger partial charge < -0.3 is 9.80 Å². The number of halogens is 3. The van der Waals surface area contributed by atoms with Crippen LogP contribution >= 0.6 is 0 Å². The Hall–Kier alpha value is -6.05. The number of hydrogen-bond acceptors (Lipinski definition) is 5. The second-order valence-corrected chi connectivity index (χ2v) is 12.6. The predicted molar refractivity (Wildman–Crippen MR) is 201 cm³/mol. The zero-order valence-corrected chi connectivity index (χ0v) is 29.3. The first-order valence-corrected chi connectivity index (χ1v) is 17.2. The van der Waals surface area contributed by atoms with E-state index in [1.54, 1.807) is 47.5 Å². The molecule has 1 aliphatic heterocycles. The quantitative estimate of drug-likeness (QED) is 0.105. The normalized spacial score (nSPS) is 14.4. The highest BCUT2D eigenvalue weighted by Crippen LogP contribution is 2.29. The highest BCUT2D eigenvalue weighted by Gasteiger charge is 2.34. The summed E-state index contributed by atoms with van der Waals surface area (Å²) in [5.41, 5.74) is 4.32. The molecule has 4 aromatic rings. The molecule has 1 fully saturated rings. The van der Waals surface area contributed by atoms with E-state index in [-0.39, 0.29) is 18.9 Å². The molecule has 0 bridgehead atoms. The van der Waals surface area contributed by atoms with Gasteiger partial charge in [-0.15, -0.1) is 0 Å². The molecule has 3 aromatic carbocycles. The summed E-state index contributed by atoms with van der Waals surface area (Å²) in [4.78, 5) is 38.7. The lowest BCUT2D eigenvalue weighted by atomic mass is 10.00. The number of nitriles is 1. The van der Waals surface area contributed by atoms with Crippen molar-refractivity contribution in [3.8, 4) is 17.3 Å². The van der Waals surface area contributed by atoms with Gasteiger partial charge in [0, 0.05) is 63.5 Å². The van der Waals surface area contributed by atoms with E-state index in [9.17, 15) is 28.0 Å². The van der Waals surface area contributed by atoms with Crippen LogP contribution in [0.4, 0.5) is 13.2 Å². The number of alkyl halides is 3. The van der Waals surface area contributed by atoms with Crippen molar-refractivity contribution < 1.29 is 22.8 Å². The maximum absolute atomic E-state index is 14.6. The topological polar surface area (TPSA) is 80.5 Å². The molecule has 0 N–H and O–H groups in total. The summed E-state index contributed by atoms with van der Waals surface area (Å²) >= 11 is 0. The molecular weight excluding hydrogens is 676 g/mol. The largest absolute Gasteiger partial charge is 0.416 e. The number of amides is 2. The number of allylic oxidation sites excluding steroid dienone is 2. The lowest BCUT2D eigenvalue weighted by Crippen LogP contribution is -2.56. The number of carbonyl (C=O) groups excluding carboxylic acids is 2. The summed E-state index contributed by atoms with van der Waals surface area (Å²) in [5, 5.41) is 9.37. The Morgan fingerprint density at radius 3 is 2.17 bits per heavy atom. The summed E-state index contributed by atoms with van der Waals surface area (Å²) in [6.45, 7) is 10.5. The first-order chi connectivity index (χ1) is 25.6. The summed E-state index contributed by atoms with van der Waals surface area (Å²) < 4.78 is 39.6. The number of benzene rings is 3. The number of piperazine rings is 1. The van der Waals surface area contributed by atoms with Crippen LogP contribution in [0.1, 0.15) is 27.8 Å². The molecule has 7 nitrogen and oxygen atoms in total. The Morgan fingerprint density at radius 2 is 1.58 bits per heavy atom. The monoisotopic (exact) mass is 715 g/mol. The number of rotatable bonds is 13. The maximum atomic E-state index is 14.6. The van der Waals surface area contributed by atoms with Crippen LogP contribution in [0.3, 0.4) is 0 Å². The number of carbonyl (C=O) groups is 2. The molecule has 1 saturated heterocycles. The van der Waals surface area contributed by atoms with Gasteiger partial charge in [0.05, 0.1) is 22.9 Å². The van der Waals surface area contributed by atoms with Crippen molar-refractivity contribution in [1.82, 2.24) is 19.7 Å². The molecule has 10 heteroatoms. The molecule has 0 unspecified atom stereocenters. The van der Waals surface area contributed by atoms with Crippen LogP contribution in [-0.4, -0.2) is 70.3 Å². The molecule has 1 aliphatic rings. The van der Waals surface area contributed by atoms with E-state index in [4.69, 9.17) is 0 Å². The number of hydrogen-bond donors (Lipinski definition) is 0. The first-order valence-electron chi connectivity index (χ1n) is 17.2. The van der Waals surface area contributed by atoms with E-state index >= 15 is 0 Å². The Kier molecular flexibility index (Phi) is 12.9. The first kappa shape index (κ1) is 38.2. The van der Waals surface area contributed by atoms with Crippen molar-refractivity contribution in [2.75, 3.05) is 32.7 Å². The summed E-state index contributed by atoms with van der Waals surface area (Å²) in [7, 11) is 0. The van der Waals surface area contributed by atoms with Crippen molar-refractivity contribution in [2.24, 2.45) is 0 Å². The average Bonchev–Trinajstić information content (AvgIpc) is 3.18. The smallest absolute Gasteiger partial charge is 0.338 e. The fraction of sp³-hybridized carbons (Fsp3) is 0.209. The second-order valence-electron chi connectivity index (χ2n) is 12.6. The van der Waals surface area contributed by atoms with Crippen molar-refractivity contribution in [3.63, 3.8) is 0 Å². The Balaban J connectivity index is 1.47. The predicted octanol–water partition coefficient (Wildman–Crippen LogP) is 7.73. The molecule has 2 amide bonds. The molecule has 270 valence electrons. The van der Waals surface area contributed by atoms with Gasteiger partial charge in [0.2, 0.25) is 11.8 Å². The Labute approximate surface area is 308 Å². The van der Waals surface area contributed by atoms with E-state index < -0.39 is 23.7 Å². The van der Waals surface area contributed by atoms with E-state index in [1.807, 2.05) is 48.5 Å². The van der Waals surface area contributed by atoms with Crippen LogP contribution in [0, 0.1) is 11.3 Å². The van der Waals surface area contributed by atoms with E-state index in [0.717, 1.165) is 40.1 Å². The minimum absolute atomic E-state index is 0.0837. The third-order valence-electron chi connectivity index (χ3n) is 9.06. The lowest BCUT2D eigenvalue weighted by molar-refractivity contribution is -0.145. The molecule has 0 saturated carbocycles. The van der Waals surface area contributed by atoms with Gasteiger partial charge in [-0.2, -0.15) is 18.4 Å². The van der Waals surface area contributed by atoms with Crippen LogP contribution in [-0.2, 0) is 28.7 Å². The highest BCUT2D eigenvalue weighted by molar-refractivity contribution is 5.96. The highest BCUT2D eigenvalue weighted by atomic mass is 19.4. The summed E-state index contributed by atoms with van der Waals surface area (Å²) in [6.07, 6.45) is 5.57. The number of aromatic nitrogens is 1. The fourth-order valence-electron chi connectivity index (χ4n) is 6.10. The molecule has 5 rings (SSSR count). The van der Waals surface area contributed by atoms with Gasteiger partial charge in [0.25, 0.3) is 0 Å². The van der Waals surface area contributed by atoms with Crippen LogP contribution in [0.2, 0.25) is 0 Å². The summed E-state index contributed by atoms with van der Waals surface area (Å²) in [5.74, 6) is -0.699. The summed E-state index contributed by atoms with van der Waals surface area (Å²) in [6, 6.07) is 25.9. The standard InChI is InChI=1S/C43H40F3N5O2/c1-3-7-32(4-2)30-49-24-26-50(27-25-49)42(53)40(28-34-9-11-35(29-47)12-10-34)51(31-36-13-18-37(19-14-36)39-8-5-6-23-48-39)41(52)22-17-33-15-20-38(21-16-33)43(44,45)46/h3-23,40H,1-2,24-28,30-31H2/b22-17+,32-7+/t40-/m0/s1. The maximum Gasteiger partial charge on any atom is 0.416 e. The molecule has 0 aliphatic carbocycles. The van der Waals surface area contributed by atoms with Gasteiger partial charge in [-0.25, -0.2) is 0 Å². The molecule has 1 atom stereocenters. The van der Waals surface area contributed by atoms with E-state index in [0.29, 0.717) is 43.9 Å². The Morgan fingerprint density at radius 1 is 0.906 bits per heavy atom. The van der Waals surface area contributed by atoms with Gasteiger partial charge >= 0.3 is 6.18 Å². The average molecular weight is 716 g/mol. The van der Waals surface area contributed by atoms with Crippen LogP contribution in [0.25, 0.3) is 17.3 Å². The molecule has 0 radical (unpaired) electrons. The molecule has 53 heavy (non-hydrogen) atoms. The van der Waals surface area contributed by atoms with Gasteiger partial charge in [-0.3, -0.25) is 19.5 Å². The van der Waals surface area contributed by atoms with Crippen molar-refractivity contribution >= 4 is 17.9 Å². The molecule has 0 spiro atoms. The van der Waals surface area contributed by atoms with Gasteiger partial charge in [-0.05, 0) is 64.7 Å². The van der Waals surface area contributed by atoms with Gasteiger partial charge in [0.1, 0.15) is 6.04 Å². The van der Waals surface area contributed by atoms with E-state index in [1.165, 1.54) is 29.2 Å². The van der Waals surface area contributed by atoms with Gasteiger partial charge in [0.15, 0.2) is 0 Å². The molecule has 1 aromatic heterocycles. The lowest BCUT2D eigenvalue weighted by Gasteiger charge is -2.39. The third-order valence-corrected chi connectivity index (χ3v) is 9.06. The molecule has 2 heterocycles. The minimum atomic E-state index is -4.48. The number of nitrogens with zero attached hydrogens (tertiary/aromatic N) is 5. The molecular formula is C43H40F3N5O2.